The van der Waals surface area contributed by atoms with Gasteiger partial charge in [0.25, 0.3) is 10.1 Å². The highest BCUT2D eigenvalue weighted by molar-refractivity contribution is 7.86. The van der Waals surface area contributed by atoms with E-state index in [0.717, 1.165) is 12.0 Å². The second-order valence-corrected chi connectivity index (χ2v) is 10.9. The monoisotopic (exact) mass is 414 g/mol. The Morgan fingerprint density at radius 3 is 2.43 bits per heavy atom. The first-order valence-corrected chi connectivity index (χ1v) is 11.7. The molecular formula is C20H30O7S. The fraction of sp³-hybridized carbons (Fsp3) is 0.800. The van der Waals surface area contributed by atoms with Crippen LogP contribution in [0.15, 0.2) is 22.8 Å². The minimum Gasteiger partial charge on any atom is -0.469 e. The Bertz CT molecular complexity index is 810. The molecule has 0 unspecified atom stereocenters. The van der Waals surface area contributed by atoms with Gasteiger partial charge in [-0.25, -0.2) is 0 Å². The third-order valence-corrected chi connectivity index (χ3v) is 7.90. The fourth-order valence-electron chi connectivity index (χ4n) is 6.43. The molecule has 5 atom stereocenters. The van der Waals surface area contributed by atoms with E-state index in [1.165, 1.54) is 0 Å². The maximum absolute atomic E-state index is 12.0. The van der Waals surface area contributed by atoms with Gasteiger partial charge in [0.05, 0.1) is 37.9 Å². The van der Waals surface area contributed by atoms with E-state index in [-0.39, 0.29) is 18.3 Å². The molecule has 8 heteroatoms. The van der Waals surface area contributed by atoms with Gasteiger partial charge in [-0.2, -0.15) is 8.42 Å². The number of aliphatic hydroxyl groups excluding tert-OH is 1. The highest BCUT2D eigenvalue weighted by Gasteiger charge is 2.68. The van der Waals surface area contributed by atoms with Crippen LogP contribution in [0, 0.1) is 16.7 Å². The fourth-order valence-corrected chi connectivity index (χ4v) is 7.07. The molecule has 28 heavy (non-hydrogen) atoms. The van der Waals surface area contributed by atoms with Crippen molar-refractivity contribution in [2.24, 2.45) is 16.7 Å². The minimum absolute atomic E-state index is 0.207. The van der Waals surface area contributed by atoms with Crippen molar-refractivity contribution in [1.29, 1.82) is 0 Å². The molecule has 1 saturated heterocycles. The van der Waals surface area contributed by atoms with E-state index in [1.54, 1.807) is 6.26 Å². The van der Waals surface area contributed by atoms with Crippen LogP contribution >= 0.6 is 0 Å². The minimum atomic E-state index is -3.70. The lowest BCUT2D eigenvalue weighted by molar-refractivity contribution is -0.307. The second-order valence-electron chi connectivity index (χ2n) is 9.29. The van der Waals surface area contributed by atoms with Crippen LogP contribution in [-0.4, -0.2) is 51.0 Å². The van der Waals surface area contributed by atoms with Crippen molar-refractivity contribution in [3.8, 4) is 0 Å². The van der Waals surface area contributed by atoms with Crippen molar-refractivity contribution in [3.05, 3.63) is 24.2 Å². The predicted molar refractivity (Wildman–Crippen MR) is 101 cm³/mol. The molecule has 0 amide bonds. The standard InChI is InChI=1S/C20H30O7S/c1-18(2)17-15(27-28(4,22)23)12-13(21)16(14-6-5-9-24-14)19(17,3)7-8-20(18)25-10-11-26-20/h5-6,9,13,15-17,21H,7-8,10-12H2,1-4H3/t13-,15+,16-,17+,19-/m1/s1. The Kier molecular flexibility index (Phi) is 4.75. The summed E-state index contributed by atoms with van der Waals surface area (Å²) in [5.41, 5.74) is -0.980. The van der Waals surface area contributed by atoms with Gasteiger partial charge in [0, 0.05) is 30.1 Å². The number of furan rings is 1. The zero-order valence-electron chi connectivity index (χ0n) is 16.9. The first kappa shape index (κ1) is 20.3. The summed E-state index contributed by atoms with van der Waals surface area (Å²) in [5.74, 6) is -0.533. The van der Waals surface area contributed by atoms with Crippen molar-refractivity contribution in [2.75, 3.05) is 19.5 Å². The van der Waals surface area contributed by atoms with E-state index < -0.39 is 38.9 Å². The van der Waals surface area contributed by atoms with Crippen molar-refractivity contribution < 1.29 is 31.6 Å². The van der Waals surface area contributed by atoms with Crippen LogP contribution in [0.2, 0.25) is 0 Å². The molecule has 1 aromatic heterocycles. The Morgan fingerprint density at radius 2 is 1.86 bits per heavy atom. The van der Waals surface area contributed by atoms with E-state index in [4.69, 9.17) is 18.1 Å². The molecule has 0 radical (unpaired) electrons. The molecule has 1 aliphatic heterocycles. The summed E-state index contributed by atoms with van der Waals surface area (Å²) in [5, 5.41) is 11.0. The largest absolute Gasteiger partial charge is 0.469 e. The quantitative estimate of drug-likeness (QED) is 0.760. The Morgan fingerprint density at radius 1 is 1.18 bits per heavy atom. The van der Waals surface area contributed by atoms with Crippen molar-refractivity contribution in [3.63, 3.8) is 0 Å². The highest BCUT2D eigenvalue weighted by atomic mass is 32.2. The molecule has 2 saturated carbocycles. The predicted octanol–water partition coefficient (Wildman–Crippen LogP) is 2.66. The summed E-state index contributed by atoms with van der Waals surface area (Å²) in [6.07, 6.45) is 2.81. The second kappa shape index (κ2) is 6.54. The lowest BCUT2D eigenvalue weighted by Gasteiger charge is -2.64. The van der Waals surface area contributed by atoms with Gasteiger partial charge < -0.3 is 19.0 Å². The molecule has 0 aromatic carbocycles. The molecule has 1 aromatic rings. The van der Waals surface area contributed by atoms with Gasteiger partial charge in [-0.15, -0.1) is 0 Å². The van der Waals surface area contributed by atoms with E-state index in [2.05, 4.69) is 20.8 Å². The van der Waals surface area contributed by atoms with E-state index in [9.17, 15) is 13.5 Å². The SMILES string of the molecule is CC1(C)[C@@H]2[C@@H](OS(C)(=O)=O)C[C@@H](O)[C@H](c3ccco3)[C@@]2(C)CCC12OCCO2. The molecule has 0 bridgehead atoms. The van der Waals surface area contributed by atoms with Gasteiger partial charge in [0.2, 0.25) is 0 Å². The summed E-state index contributed by atoms with van der Waals surface area (Å²) in [7, 11) is -3.70. The van der Waals surface area contributed by atoms with Crippen LogP contribution < -0.4 is 0 Å². The Labute approximate surface area is 166 Å². The van der Waals surface area contributed by atoms with Gasteiger partial charge in [0.15, 0.2) is 5.79 Å². The molecule has 3 fully saturated rings. The number of hydrogen-bond donors (Lipinski definition) is 1. The number of rotatable bonds is 3. The third-order valence-electron chi connectivity index (χ3n) is 7.31. The Hall–Kier alpha value is -0.930. The molecule has 1 N–H and O–H groups in total. The van der Waals surface area contributed by atoms with Gasteiger partial charge in [0.1, 0.15) is 5.76 Å². The number of fused-ring (bicyclic) bond motifs is 1. The molecule has 158 valence electrons. The zero-order chi connectivity index (χ0) is 20.4. The maximum atomic E-state index is 12.0. The van der Waals surface area contributed by atoms with Crippen molar-refractivity contribution in [1.82, 2.24) is 0 Å². The molecular weight excluding hydrogens is 384 g/mol. The maximum Gasteiger partial charge on any atom is 0.264 e. The third kappa shape index (κ3) is 2.96. The van der Waals surface area contributed by atoms with Crippen LogP contribution in [0.4, 0.5) is 0 Å². The van der Waals surface area contributed by atoms with Gasteiger partial charge in [-0.1, -0.05) is 20.8 Å². The van der Waals surface area contributed by atoms with Crippen LogP contribution in [-0.2, 0) is 23.8 Å². The molecule has 7 nitrogen and oxygen atoms in total. The summed E-state index contributed by atoms with van der Waals surface area (Å²) < 4.78 is 47.5. The van der Waals surface area contributed by atoms with E-state index >= 15 is 0 Å². The van der Waals surface area contributed by atoms with Crippen LogP contribution in [0.3, 0.4) is 0 Å². The van der Waals surface area contributed by atoms with Crippen molar-refractivity contribution in [2.45, 2.75) is 63.9 Å². The van der Waals surface area contributed by atoms with Crippen LogP contribution in [0.5, 0.6) is 0 Å². The summed E-state index contributed by atoms with van der Waals surface area (Å²) in [6, 6.07) is 3.70. The topological polar surface area (TPSA) is 95.2 Å². The first-order chi connectivity index (χ1) is 13.0. The molecule has 2 heterocycles. The number of aliphatic hydroxyl groups is 1. The average molecular weight is 415 g/mol. The van der Waals surface area contributed by atoms with Gasteiger partial charge >= 0.3 is 0 Å². The lowest BCUT2D eigenvalue weighted by atomic mass is 9.45. The van der Waals surface area contributed by atoms with Crippen molar-refractivity contribution >= 4 is 10.1 Å². The van der Waals surface area contributed by atoms with E-state index in [0.29, 0.717) is 26.1 Å². The lowest BCUT2D eigenvalue weighted by Crippen LogP contribution is -2.66. The number of ether oxygens (including phenoxy) is 2. The Balaban J connectivity index is 1.83. The summed E-state index contributed by atoms with van der Waals surface area (Å²) >= 11 is 0. The van der Waals surface area contributed by atoms with E-state index in [1.807, 2.05) is 12.1 Å². The molecule has 3 aliphatic rings. The summed E-state index contributed by atoms with van der Waals surface area (Å²) in [6.45, 7) is 7.28. The smallest absolute Gasteiger partial charge is 0.264 e. The average Bonchev–Trinajstić information content (AvgIpc) is 3.22. The summed E-state index contributed by atoms with van der Waals surface area (Å²) in [4.78, 5) is 0. The van der Waals surface area contributed by atoms with Crippen LogP contribution in [0.1, 0.15) is 51.7 Å². The number of hydrogen-bond acceptors (Lipinski definition) is 7. The normalized spacial score (nSPS) is 39.8. The van der Waals surface area contributed by atoms with Crippen LogP contribution in [0.25, 0.3) is 0 Å². The molecule has 4 rings (SSSR count). The first-order valence-electron chi connectivity index (χ1n) is 9.88. The zero-order valence-corrected chi connectivity index (χ0v) is 17.7. The molecule has 2 aliphatic carbocycles. The van der Waals surface area contributed by atoms with Gasteiger partial charge in [-0.05, 0) is 24.0 Å². The highest BCUT2D eigenvalue weighted by Crippen LogP contribution is 2.67. The van der Waals surface area contributed by atoms with Gasteiger partial charge in [-0.3, -0.25) is 4.18 Å². The molecule has 1 spiro atoms.